The quantitative estimate of drug-likeness (QED) is 0.162. The van der Waals surface area contributed by atoms with Gasteiger partial charge in [0.25, 0.3) is 0 Å². The molecule has 0 fully saturated rings. The molecule has 0 unspecified atom stereocenters. The van der Waals surface area contributed by atoms with Gasteiger partial charge in [-0.1, -0.05) is 176 Å². The molecule has 10 aromatic carbocycles. The van der Waals surface area contributed by atoms with E-state index in [-0.39, 0.29) is 6.04 Å². The molecule has 0 N–H and O–H groups in total. The zero-order chi connectivity index (χ0) is 45.6. The number of rotatable bonds is 5. The fourth-order valence-corrected chi connectivity index (χ4v) is 11.5. The third-order valence-electron chi connectivity index (χ3n) is 14.6. The normalized spacial score (nSPS) is 14.7. The van der Waals surface area contributed by atoms with Crippen molar-refractivity contribution in [1.29, 1.82) is 0 Å². The molecular formula is C64H44N4O. The van der Waals surface area contributed by atoms with Crippen molar-refractivity contribution >= 4 is 76.4 Å². The molecule has 14 rings (SSSR count). The van der Waals surface area contributed by atoms with Gasteiger partial charge in [0.1, 0.15) is 11.5 Å². The summed E-state index contributed by atoms with van der Waals surface area (Å²) in [6.45, 7) is 2.31. The van der Waals surface area contributed by atoms with Gasteiger partial charge in [0.05, 0.1) is 28.3 Å². The molecule has 5 nitrogen and oxygen atoms in total. The van der Waals surface area contributed by atoms with Crippen LogP contribution in [0.2, 0.25) is 0 Å². The highest BCUT2D eigenvalue weighted by atomic mass is 16.5. The van der Waals surface area contributed by atoms with E-state index in [0.29, 0.717) is 5.95 Å². The van der Waals surface area contributed by atoms with Crippen molar-refractivity contribution in [3.05, 3.63) is 241 Å². The number of ether oxygens (including phenoxy) is 1. The van der Waals surface area contributed by atoms with Crippen LogP contribution in [-0.2, 0) is 12.8 Å². The Balaban J connectivity index is 0.939. The molecule has 0 amide bonds. The lowest BCUT2D eigenvalue weighted by molar-refractivity contribution is 0.413. The van der Waals surface area contributed by atoms with Crippen LogP contribution >= 0.6 is 0 Å². The van der Waals surface area contributed by atoms with Crippen LogP contribution < -0.4 is 9.64 Å². The monoisotopic (exact) mass is 884 g/mol. The van der Waals surface area contributed by atoms with Crippen LogP contribution in [0.25, 0.3) is 93.4 Å². The van der Waals surface area contributed by atoms with Gasteiger partial charge in [-0.25, -0.2) is 9.97 Å². The Bertz CT molecular complexity index is 4130. The zero-order valence-electron chi connectivity index (χ0n) is 38.0. The van der Waals surface area contributed by atoms with E-state index in [0.717, 1.165) is 85.1 Å². The molecule has 4 heterocycles. The number of para-hydroxylation sites is 2. The van der Waals surface area contributed by atoms with Crippen molar-refractivity contribution in [2.75, 3.05) is 4.90 Å². The third-order valence-corrected chi connectivity index (χ3v) is 14.6. The first kappa shape index (κ1) is 39.4. The Morgan fingerprint density at radius 3 is 2.01 bits per heavy atom. The number of hydrogen-bond donors (Lipinski definition) is 0. The average Bonchev–Trinajstić information content (AvgIpc) is 3.68. The number of nitrogens with zero attached hydrogens (tertiary/aromatic N) is 4. The summed E-state index contributed by atoms with van der Waals surface area (Å²) in [6, 6.07) is 74.0. The molecule has 12 aromatic rings. The van der Waals surface area contributed by atoms with E-state index in [1.165, 1.54) is 54.7 Å². The number of aromatic nitrogens is 3. The molecule has 0 aliphatic carbocycles. The Hall–Kier alpha value is -8.80. The van der Waals surface area contributed by atoms with Crippen LogP contribution in [0.15, 0.2) is 230 Å². The molecule has 2 aliphatic heterocycles. The van der Waals surface area contributed by atoms with Gasteiger partial charge in [-0.15, -0.1) is 0 Å². The molecule has 0 bridgehead atoms. The SMILES string of the molecule is C[C@@H]1C(C2=CCc3c(cccc3-c3ccc4c5c6ccccc6c6ccccc6c5n(-c5nc(-c6ccccc6)c6ccccc6n5)c4c3)O2)=CCc2c(ccc3ccccc23)N1c1ccccc1. The van der Waals surface area contributed by atoms with Crippen molar-refractivity contribution < 1.29 is 4.74 Å². The van der Waals surface area contributed by atoms with Crippen LogP contribution in [0.4, 0.5) is 11.4 Å². The fraction of sp³-hybridized carbons (Fsp3) is 0.0625. The van der Waals surface area contributed by atoms with Crippen molar-refractivity contribution in [2.24, 2.45) is 0 Å². The summed E-state index contributed by atoms with van der Waals surface area (Å²) in [5.74, 6) is 2.45. The van der Waals surface area contributed by atoms with Gasteiger partial charge in [-0.3, -0.25) is 4.57 Å². The summed E-state index contributed by atoms with van der Waals surface area (Å²) in [7, 11) is 0. The molecule has 2 aromatic heterocycles. The molecule has 5 heteroatoms. The molecule has 326 valence electrons. The first-order valence-corrected chi connectivity index (χ1v) is 23.9. The van der Waals surface area contributed by atoms with E-state index >= 15 is 0 Å². The molecule has 1 atom stereocenters. The maximum absolute atomic E-state index is 7.09. The predicted molar refractivity (Wildman–Crippen MR) is 286 cm³/mol. The van der Waals surface area contributed by atoms with E-state index in [1.807, 2.05) is 0 Å². The van der Waals surface area contributed by atoms with E-state index in [1.54, 1.807) is 0 Å². The van der Waals surface area contributed by atoms with Gasteiger partial charge in [-0.05, 0) is 106 Å². The van der Waals surface area contributed by atoms with Crippen LogP contribution in [-0.4, -0.2) is 20.6 Å². The van der Waals surface area contributed by atoms with Crippen molar-refractivity contribution in [3.63, 3.8) is 0 Å². The van der Waals surface area contributed by atoms with Gasteiger partial charge in [0.15, 0.2) is 0 Å². The Labute approximate surface area is 399 Å². The highest BCUT2D eigenvalue weighted by molar-refractivity contribution is 6.32. The van der Waals surface area contributed by atoms with Crippen molar-refractivity contribution in [2.45, 2.75) is 25.8 Å². The average molecular weight is 885 g/mol. The zero-order valence-corrected chi connectivity index (χ0v) is 38.0. The molecule has 0 saturated heterocycles. The van der Waals surface area contributed by atoms with Crippen molar-refractivity contribution in [1.82, 2.24) is 14.5 Å². The van der Waals surface area contributed by atoms with Crippen LogP contribution in [0.1, 0.15) is 18.1 Å². The summed E-state index contributed by atoms with van der Waals surface area (Å²) >= 11 is 0. The minimum absolute atomic E-state index is 0.0158. The summed E-state index contributed by atoms with van der Waals surface area (Å²) in [4.78, 5) is 13.4. The predicted octanol–water partition coefficient (Wildman–Crippen LogP) is 16.0. The van der Waals surface area contributed by atoms with Gasteiger partial charge < -0.3 is 9.64 Å². The number of anilines is 2. The molecule has 2 aliphatic rings. The minimum Gasteiger partial charge on any atom is -0.457 e. The highest BCUT2D eigenvalue weighted by Gasteiger charge is 2.31. The topological polar surface area (TPSA) is 43.2 Å². The maximum Gasteiger partial charge on any atom is 0.235 e. The highest BCUT2D eigenvalue weighted by Crippen LogP contribution is 2.46. The fourth-order valence-electron chi connectivity index (χ4n) is 11.5. The Kier molecular flexibility index (Phi) is 8.93. The number of allylic oxidation sites excluding steroid dienone is 2. The first-order chi connectivity index (χ1) is 34.2. The second kappa shape index (κ2) is 15.6. The number of hydrogen-bond acceptors (Lipinski definition) is 4. The summed E-state index contributed by atoms with van der Waals surface area (Å²) in [6.07, 6.45) is 6.24. The summed E-state index contributed by atoms with van der Waals surface area (Å²) in [5.41, 5.74) is 13.3. The molecule has 0 radical (unpaired) electrons. The molecule has 69 heavy (non-hydrogen) atoms. The lowest BCUT2D eigenvalue weighted by Crippen LogP contribution is -2.31. The second-order valence-electron chi connectivity index (χ2n) is 18.3. The summed E-state index contributed by atoms with van der Waals surface area (Å²) < 4.78 is 9.42. The summed E-state index contributed by atoms with van der Waals surface area (Å²) in [5, 5.41) is 10.7. The largest absolute Gasteiger partial charge is 0.457 e. The Morgan fingerprint density at radius 1 is 0.507 bits per heavy atom. The Morgan fingerprint density at radius 2 is 1.19 bits per heavy atom. The lowest BCUT2D eigenvalue weighted by Gasteiger charge is -2.34. The lowest BCUT2D eigenvalue weighted by atomic mass is 9.92. The van der Waals surface area contributed by atoms with Crippen molar-refractivity contribution in [3.8, 4) is 34.1 Å². The smallest absolute Gasteiger partial charge is 0.235 e. The minimum atomic E-state index is 0.0158. The van der Waals surface area contributed by atoms with E-state index in [2.05, 4.69) is 235 Å². The van der Waals surface area contributed by atoms with Gasteiger partial charge in [0, 0.05) is 49.6 Å². The van der Waals surface area contributed by atoms with Gasteiger partial charge in [-0.2, -0.15) is 0 Å². The molecule has 0 saturated carbocycles. The molecular weight excluding hydrogens is 841 g/mol. The standard InChI is InChI=1S/C64H44N4O/c1-40-45(34-35-50-46-22-9-8-17-41(46)32-37-57(50)67(40)44-20-6-3-7-21-44)60-38-36-51-47(28-16-30-59(51)69-60)43-31-33-55-58(39-43)68(63-53-26-13-11-24-49(53)48-23-10-12-25-52(48)61(55)63)64-65-56-29-15-14-27-54(56)62(66-64)42-18-4-2-5-19-42/h2-34,37-40H,35-36H2,1H3/t40-/m1/s1. The maximum atomic E-state index is 7.09. The third kappa shape index (κ3) is 6.17. The van der Waals surface area contributed by atoms with E-state index < -0.39 is 0 Å². The number of benzene rings is 10. The van der Waals surface area contributed by atoms with Gasteiger partial charge >= 0.3 is 0 Å². The van der Waals surface area contributed by atoms with Crippen LogP contribution in [0.3, 0.4) is 0 Å². The first-order valence-electron chi connectivity index (χ1n) is 23.9. The van der Waals surface area contributed by atoms with Crippen LogP contribution in [0.5, 0.6) is 5.75 Å². The van der Waals surface area contributed by atoms with E-state index in [9.17, 15) is 0 Å². The van der Waals surface area contributed by atoms with E-state index in [4.69, 9.17) is 14.7 Å². The number of fused-ring (bicyclic) bond motifs is 13. The van der Waals surface area contributed by atoms with Gasteiger partial charge in [0.2, 0.25) is 5.95 Å². The molecule has 0 spiro atoms. The van der Waals surface area contributed by atoms with Crippen LogP contribution in [0, 0.1) is 0 Å². The second-order valence-corrected chi connectivity index (χ2v) is 18.3.